The van der Waals surface area contributed by atoms with Gasteiger partial charge in [0.05, 0.1) is 12.7 Å². The maximum absolute atomic E-state index is 5.55. The van der Waals surface area contributed by atoms with Gasteiger partial charge in [-0.3, -0.25) is 0 Å². The Morgan fingerprint density at radius 3 is 3.50 bits per heavy atom. The molecule has 2 rings (SSSR count). The van der Waals surface area contributed by atoms with Crippen LogP contribution < -0.4 is 11.1 Å². The van der Waals surface area contributed by atoms with Crippen LogP contribution in [-0.4, -0.2) is 9.78 Å². The van der Waals surface area contributed by atoms with Crippen molar-refractivity contribution in [2.45, 2.75) is 6.54 Å². The number of rotatable bonds is 0. The second-order valence-electron chi connectivity index (χ2n) is 2.24. The summed E-state index contributed by atoms with van der Waals surface area (Å²) in [5.74, 6) is 0.995. The van der Waals surface area contributed by atoms with Crippen molar-refractivity contribution in [3.63, 3.8) is 0 Å². The quantitative estimate of drug-likeness (QED) is 0.532. The van der Waals surface area contributed by atoms with E-state index < -0.39 is 0 Å². The Morgan fingerprint density at radius 2 is 2.60 bits per heavy atom. The number of nitrogens with one attached hydrogen (secondary N) is 1. The number of fused-ring (bicyclic) bond motifs is 1. The largest absolute Gasteiger partial charge is 0.399 e. The Bertz CT molecular complexity index is 273. The summed E-state index contributed by atoms with van der Waals surface area (Å²) in [6, 6.07) is 1.91. The molecule has 0 unspecified atom stereocenters. The van der Waals surface area contributed by atoms with Crippen molar-refractivity contribution >= 4 is 5.82 Å². The Balaban J connectivity index is 2.39. The lowest BCUT2D eigenvalue weighted by Crippen LogP contribution is -2.17. The number of allylic oxidation sites excluding steroid dienone is 1. The molecular formula is C6H8N4. The average molecular weight is 136 g/mol. The van der Waals surface area contributed by atoms with Crippen molar-refractivity contribution in [1.29, 1.82) is 0 Å². The molecule has 0 aromatic carbocycles. The molecule has 10 heavy (non-hydrogen) atoms. The standard InChI is InChI=1S/C6H8N4/c7-5-3-8-6-1-2-9-10(6)4-5/h1-3,8H,4,7H2. The van der Waals surface area contributed by atoms with Gasteiger partial charge < -0.3 is 11.1 Å². The Kier molecular flexibility index (Phi) is 0.943. The molecule has 2 heterocycles. The minimum absolute atomic E-state index is 0.690. The number of anilines is 1. The lowest BCUT2D eigenvalue weighted by Gasteiger charge is -2.12. The predicted molar refractivity (Wildman–Crippen MR) is 38.1 cm³/mol. The number of nitrogens with zero attached hydrogens (tertiary/aromatic N) is 2. The van der Waals surface area contributed by atoms with Crippen LogP contribution >= 0.6 is 0 Å². The molecule has 0 fully saturated rings. The molecule has 0 atom stereocenters. The zero-order valence-electron chi connectivity index (χ0n) is 5.41. The van der Waals surface area contributed by atoms with E-state index in [2.05, 4.69) is 10.4 Å². The summed E-state index contributed by atoms with van der Waals surface area (Å²) >= 11 is 0. The first kappa shape index (κ1) is 5.34. The summed E-state index contributed by atoms with van der Waals surface area (Å²) in [5.41, 5.74) is 6.35. The molecule has 0 amide bonds. The predicted octanol–water partition coefficient (Wildman–Crippen LogP) is 0.109. The summed E-state index contributed by atoms with van der Waals surface area (Å²) < 4.78 is 1.81. The molecule has 0 saturated carbocycles. The number of nitrogens with two attached hydrogens (primary N) is 1. The van der Waals surface area contributed by atoms with Gasteiger partial charge in [0.1, 0.15) is 5.82 Å². The van der Waals surface area contributed by atoms with Gasteiger partial charge in [-0.2, -0.15) is 5.10 Å². The smallest absolute Gasteiger partial charge is 0.128 e. The van der Waals surface area contributed by atoms with Gasteiger partial charge in [-0.05, 0) is 0 Å². The topological polar surface area (TPSA) is 55.9 Å². The normalized spacial score (nSPS) is 15.4. The van der Waals surface area contributed by atoms with E-state index in [1.54, 1.807) is 12.4 Å². The summed E-state index contributed by atoms with van der Waals surface area (Å²) in [5, 5.41) is 7.05. The molecule has 0 saturated heterocycles. The lowest BCUT2D eigenvalue weighted by atomic mass is 10.4. The van der Waals surface area contributed by atoms with E-state index in [-0.39, 0.29) is 0 Å². The van der Waals surface area contributed by atoms with Gasteiger partial charge in [-0.25, -0.2) is 4.68 Å². The highest BCUT2D eigenvalue weighted by atomic mass is 15.3. The molecule has 0 aliphatic carbocycles. The first-order chi connectivity index (χ1) is 4.86. The van der Waals surface area contributed by atoms with Crippen molar-refractivity contribution in [3.8, 4) is 0 Å². The van der Waals surface area contributed by atoms with Crippen LogP contribution in [0.15, 0.2) is 24.2 Å². The van der Waals surface area contributed by atoms with Gasteiger partial charge >= 0.3 is 0 Å². The molecule has 4 nitrogen and oxygen atoms in total. The highest BCUT2D eigenvalue weighted by Gasteiger charge is 2.05. The zero-order chi connectivity index (χ0) is 6.97. The molecule has 1 aliphatic rings. The van der Waals surface area contributed by atoms with Crippen LogP contribution in [0.4, 0.5) is 5.82 Å². The maximum Gasteiger partial charge on any atom is 0.128 e. The van der Waals surface area contributed by atoms with Crippen LogP contribution in [0.25, 0.3) is 0 Å². The van der Waals surface area contributed by atoms with Gasteiger partial charge in [0.25, 0.3) is 0 Å². The second-order valence-corrected chi connectivity index (χ2v) is 2.24. The second kappa shape index (κ2) is 1.76. The summed E-state index contributed by atoms with van der Waals surface area (Å²) in [7, 11) is 0. The number of hydrogen-bond donors (Lipinski definition) is 2. The van der Waals surface area contributed by atoms with E-state index in [4.69, 9.17) is 5.73 Å². The van der Waals surface area contributed by atoms with Gasteiger partial charge in [0.15, 0.2) is 0 Å². The molecule has 0 bridgehead atoms. The fourth-order valence-electron chi connectivity index (χ4n) is 0.966. The summed E-state index contributed by atoms with van der Waals surface area (Å²) in [6.45, 7) is 0.690. The maximum atomic E-state index is 5.55. The van der Waals surface area contributed by atoms with E-state index in [1.165, 1.54) is 0 Å². The minimum atomic E-state index is 0.690. The molecule has 52 valence electrons. The molecular weight excluding hydrogens is 128 g/mol. The first-order valence-corrected chi connectivity index (χ1v) is 3.09. The van der Waals surface area contributed by atoms with Crippen molar-refractivity contribution in [2.24, 2.45) is 5.73 Å². The van der Waals surface area contributed by atoms with Crippen LogP contribution in [0, 0.1) is 0 Å². The third kappa shape index (κ3) is 0.655. The monoisotopic (exact) mass is 136 g/mol. The fraction of sp³-hybridized carbons (Fsp3) is 0.167. The Labute approximate surface area is 58.3 Å². The van der Waals surface area contributed by atoms with Crippen LogP contribution in [-0.2, 0) is 6.54 Å². The average Bonchev–Trinajstić information content (AvgIpc) is 2.33. The van der Waals surface area contributed by atoms with Crippen molar-refractivity contribution < 1.29 is 0 Å². The third-order valence-electron chi connectivity index (χ3n) is 1.45. The van der Waals surface area contributed by atoms with Gasteiger partial charge in [-0.15, -0.1) is 0 Å². The van der Waals surface area contributed by atoms with Crippen LogP contribution in [0.2, 0.25) is 0 Å². The third-order valence-corrected chi connectivity index (χ3v) is 1.45. The number of hydrogen-bond acceptors (Lipinski definition) is 3. The molecule has 1 aromatic rings. The van der Waals surface area contributed by atoms with Gasteiger partial charge in [0, 0.05) is 18.0 Å². The molecule has 4 heteroatoms. The first-order valence-electron chi connectivity index (χ1n) is 3.09. The van der Waals surface area contributed by atoms with E-state index in [9.17, 15) is 0 Å². The highest BCUT2D eigenvalue weighted by Crippen LogP contribution is 2.11. The zero-order valence-corrected chi connectivity index (χ0v) is 5.41. The fourth-order valence-corrected chi connectivity index (χ4v) is 0.966. The van der Waals surface area contributed by atoms with Crippen LogP contribution in [0.3, 0.4) is 0 Å². The van der Waals surface area contributed by atoms with Crippen LogP contribution in [0.5, 0.6) is 0 Å². The lowest BCUT2D eigenvalue weighted by molar-refractivity contribution is 0.668. The van der Waals surface area contributed by atoms with Crippen molar-refractivity contribution in [3.05, 3.63) is 24.2 Å². The summed E-state index contributed by atoms with van der Waals surface area (Å²) in [6.07, 6.45) is 3.53. The Morgan fingerprint density at radius 1 is 1.70 bits per heavy atom. The van der Waals surface area contributed by atoms with E-state index in [1.807, 2.05) is 10.7 Å². The Hall–Kier alpha value is -1.45. The molecule has 1 aromatic heterocycles. The molecule has 0 radical (unpaired) electrons. The van der Waals surface area contributed by atoms with Crippen molar-refractivity contribution in [2.75, 3.05) is 5.32 Å². The van der Waals surface area contributed by atoms with E-state index >= 15 is 0 Å². The van der Waals surface area contributed by atoms with Gasteiger partial charge in [0.2, 0.25) is 0 Å². The SMILES string of the molecule is NC1=CNc2ccnn2C1. The van der Waals surface area contributed by atoms with E-state index in [0.717, 1.165) is 11.5 Å². The molecule has 1 aliphatic heterocycles. The van der Waals surface area contributed by atoms with Crippen molar-refractivity contribution in [1.82, 2.24) is 9.78 Å². The molecule has 3 N–H and O–H groups in total. The summed E-state index contributed by atoms with van der Waals surface area (Å²) in [4.78, 5) is 0. The van der Waals surface area contributed by atoms with Crippen LogP contribution in [0.1, 0.15) is 0 Å². The number of aromatic nitrogens is 2. The highest BCUT2D eigenvalue weighted by molar-refractivity contribution is 5.40. The van der Waals surface area contributed by atoms with E-state index in [0.29, 0.717) is 6.54 Å². The molecule has 0 spiro atoms. The minimum Gasteiger partial charge on any atom is -0.399 e. The van der Waals surface area contributed by atoms with Gasteiger partial charge in [-0.1, -0.05) is 0 Å².